The van der Waals surface area contributed by atoms with E-state index in [1.54, 1.807) is 0 Å². The summed E-state index contributed by atoms with van der Waals surface area (Å²) in [4.78, 5) is 35.2. The molecule has 1 aliphatic heterocycles. The zero-order chi connectivity index (χ0) is 15.6. The van der Waals surface area contributed by atoms with E-state index in [1.807, 2.05) is 0 Å². The van der Waals surface area contributed by atoms with Crippen molar-refractivity contribution in [3.8, 4) is 5.75 Å². The van der Waals surface area contributed by atoms with Gasteiger partial charge in [-0.15, -0.1) is 0 Å². The third-order valence-corrected chi connectivity index (χ3v) is 2.84. The Hall–Kier alpha value is -2.87. The highest BCUT2D eigenvalue weighted by Gasteiger charge is 2.30. The summed E-state index contributed by atoms with van der Waals surface area (Å²) in [5, 5.41) is 29.7. The van der Waals surface area contributed by atoms with Gasteiger partial charge in [-0.3, -0.25) is 14.5 Å². The monoisotopic (exact) mass is 292 g/mol. The van der Waals surface area contributed by atoms with E-state index >= 15 is 0 Å². The largest absolute Gasteiger partial charge is 0.507 e. The zero-order valence-corrected chi connectivity index (χ0v) is 10.7. The molecule has 0 radical (unpaired) electrons. The van der Waals surface area contributed by atoms with Gasteiger partial charge in [0.15, 0.2) is 0 Å². The minimum Gasteiger partial charge on any atom is -0.507 e. The fraction of sp³-hybridized carbons (Fsp3) is 0.154. The normalized spacial score (nSPS) is 14.3. The molecule has 2 rings (SSSR count). The minimum atomic E-state index is -1.32. The van der Waals surface area contributed by atoms with Gasteiger partial charge in [0.25, 0.3) is 11.8 Å². The zero-order valence-electron chi connectivity index (χ0n) is 10.7. The van der Waals surface area contributed by atoms with E-state index < -0.39 is 23.5 Å². The lowest BCUT2D eigenvalue weighted by Gasteiger charge is -2.13. The van der Waals surface area contributed by atoms with Gasteiger partial charge in [-0.05, 0) is 18.2 Å². The summed E-state index contributed by atoms with van der Waals surface area (Å²) in [6.45, 7) is -0.462. The first-order valence-electron chi connectivity index (χ1n) is 5.95. The lowest BCUT2D eigenvalue weighted by molar-refractivity contribution is -0.137. The summed E-state index contributed by atoms with van der Waals surface area (Å²) in [7, 11) is 0. The van der Waals surface area contributed by atoms with Gasteiger partial charge in [-0.2, -0.15) is 0 Å². The maximum atomic E-state index is 11.9. The van der Waals surface area contributed by atoms with Crippen molar-refractivity contribution in [2.45, 2.75) is 0 Å². The fourth-order valence-corrected chi connectivity index (χ4v) is 1.85. The molecular formula is C13H12N2O6. The second-order valence-electron chi connectivity index (χ2n) is 4.24. The molecular weight excluding hydrogens is 280 g/mol. The molecule has 0 aromatic heterocycles. The Labute approximate surface area is 118 Å². The highest BCUT2D eigenvalue weighted by Crippen LogP contribution is 2.23. The van der Waals surface area contributed by atoms with Gasteiger partial charge >= 0.3 is 5.97 Å². The number of rotatable bonds is 5. The molecule has 0 aliphatic carbocycles. The lowest BCUT2D eigenvalue weighted by atomic mass is 10.1. The Kier molecular flexibility index (Phi) is 3.90. The third kappa shape index (κ3) is 2.84. The predicted octanol–water partition coefficient (Wildman–Crippen LogP) is -0.253. The van der Waals surface area contributed by atoms with Gasteiger partial charge in [-0.1, -0.05) is 0 Å². The number of aliphatic hydroxyl groups is 1. The van der Waals surface area contributed by atoms with Crippen LogP contribution in [0, 0.1) is 0 Å². The van der Waals surface area contributed by atoms with Crippen molar-refractivity contribution in [2.24, 2.45) is 0 Å². The van der Waals surface area contributed by atoms with E-state index in [-0.39, 0.29) is 30.1 Å². The van der Waals surface area contributed by atoms with Crippen LogP contribution < -0.4 is 5.32 Å². The van der Waals surface area contributed by atoms with Gasteiger partial charge in [0.05, 0.1) is 13.2 Å². The first-order valence-corrected chi connectivity index (χ1v) is 5.95. The average Bonchev–Trinajstić information content (AvgIpc) is 2.69. The number of carbonyl (C=O) groups is 3. The Bertz CT molecular complexity index is 652. The van der Waals surface area contributed by atoms with Crippen molar-refractivity contribution < 1.29 is 29.7 Å². The Morgan fingerprint density at radius 3 is 2.62 bits per heavy atom. The quantitative estimate of drug-likeness (QED) is 0.435. The number of aliphatic hydroxyl groups excluding tert-OH is 1. The molecule has 0 spiro atoms. The summed E-state index contributed by atoms with van der Waals surface area (Å²) in [5.41, 5.74) is -0.122. The Morgan fingerprint density at radius 2 is 2.00 bits per heavy atom. The number of anilines is 1. The van der Waals surface area contributed by atoms with Gasteiger partial charge in [0, 0.05) is 11.8 Å². The number of phenols is 1. The second kappa shape index (κ2) is 5.63. The van der Waals surface area contributed by atoms with Crippen molar-refractivity contribution in [1.82, 2.24) is 4.90 Å². The van der Waals surface area contributed by atoms with Crippen molar-refractivity contribution in [3.05, 3.63) is 35.5 Å². The van der Waals surface area contributed by atoms with Crippen LogP contribution in [0.4, 0.5) is 5.69 Å². The average molecular weight is 292 g/mol. The molecule has 0 saturated carbocycles. The number of carboxylic acids is 1. The summed E-state index contributed by atoms with van der Waals surface area (Å²) in [6, 6.07) is 3.68. The molecule has 0 atom stereocenters. The van der Waals surface area contributed by atoms with Gasteiger partial charge in [0.2, 0.25) is 0 Å². The topological polar surface area (TPSA) is 127 Å². The van der Waals surface area contributed by atoms with Crippen molar-refractivity contribution in [1.29, 1.82) is 0 Å². The summed E-state index contributed by atoms with van der Waals surface area (Å²) in [6.07, 6.45) is 1.06. The highest BCUT2D eigenvalue weighted by molar-refractivity contribution is 6.17. The molecule has 8 nitrogen and oxygen atoms in total. The number of benzene rings is 1. The summed E-state index contributed by atoms with van der Waals surface area (Å²) >= 11 is 0. The number of carbonyl (C=O) groups excluding carboxylic acids is 2. The van der Waals surface area contributed by atoms with E-state index in [1.165, 1.54) is 12.1 Å². The van der Waals surface area contributed by atoms with E-state index in [4.69, 9.17) is 10.2 Å². The van der Waals surface area contributed by atoms with Crippen molar-refractivity contribution in [3.63, 3.8) is 0 Å². The first-order chi connectivity index (χ1) is 9.93. The molecule has 0 fully saturated rings. The maximum absolute atomic E-state index is 11.9. The molecule has 0 unspecified atom stereocenters. The molecule has 1 aromatic carbocycles. The predicted molar refractivity (Wildman–Crippen MR) is 70.6 cm³/mol. The van der Waals surface area contributed by atoms with Crippen LogP contribution in [0.15, 0.2) is 30.0 Å². The van der Waals surface area contributed by atoms with Gasteiger partial charge < -0.3 is 20.6 Å². The lowest BCUT2D eigenvalue weighted by Crippen LogP contribution is -2.34. The Morgan fingerprint density at radius 1 is 1.29 bits per heavy atom. The Balaban J connectivity index is 2.22. The molecule has 8 heteroatoms. The van der Waals surface area contributed by atoms with Crippen molar-refractivity contribution >= 4 is 23.5 Å². The van der Waals surface area contributed by atoms with Crippen LogP contribution in [0.3, 0.4) is 0 Å². The van der Waals surface area contributed by atoms with Gasteiger partial charge in [0.1, 0.15) is 17.0 Å². The molecule has 110 valence electrons. The van der Waals surface area contributed by atoms with Crippen LogP contribution in [0.1, 0.15) is 10.4 Å². The maximum Gasteiger partial charge on any atom is 0.339 e. The van der Waals surface area contributed by atoms with E-state index in [0.29, 0.717) is 0 Å². The number of aromatic hydroxyl groups is 1. The third-order valence-electron chi connectivity index (χ3n) is 2.84. The smallest absolute Gasteiger partial charge is 0.339 e. The molecule has 4 N–H and O–H groups in total. The summed E-state index contributed by atoms with van der Waals surface area (Å²) < 4.78 is 0. The fourth-order valence-electron chi connectivity index (χ4n) is 1.85. The number of aromatic carboxylic acids is 1. The van der Waals surface area contributed by atoms with Crippen molar-refractivity contribution in [2.75, 3.05) is 18.5 Å². The number of nitrogens with zero attached hydrogens (tertiary/aromatic N) is 1. The van der Waals surface area contributed by atoms with Crippen LogP contribution in [-0.4, -0.2) is 51.2 Å². The number of hydrogen-bond donors (Lipinski definition) is 4. The number of amides is 2. The minimum absolute atomic E-state index is 0.0320. The van der Waals surface area contributed by atoms with E-state index in [2.05, 4.69) is 5.32 Å². The van der Waals surface area contributed by atoms with Crippen LogP contribution in [0.5, 0.6) is 5.75 Å². The summed E-state index contributed by atoms with van der Waals surface area (Å²) in [5.74, 6) is -2.90. The number of carboxylic acid groups (broad SMARTS) is 1. The molecule has 1 aliphatic rings. The number of hydrogen-bond acceptors (Lipinski definition) is 6. The number of β-amino-alcohol motifs (C(OH)–C–C–N with tert-alkyl or cyclic N) is 1. The number of imide groups is 1. The van der Waals surface area contributed by atoms with E-state index in [9.17, 15) is 19.5 Å². The molecule has 21 heavy (non-hydrogen) atoms. The van der Waals surface area contributed by atoms with Crippen LogP contribution in [0.25, 0.3) is 0 Å². The molecule has 0 bridgehead atoms. The molecule has 2 amide bonds. The van der Waals surface area contributed by atoms with Gasteiger partial charge in [-0.25, -0.2) is 4.79 Å². The van der Waals surface area contributed by atoms with Crippen LogP contribution >= 0.6 is 0 Å². The highest BCUT2D eigenvalue weighted by atomic mass is 16.4. The first kappa shape index (κ1) is 14.5. The number of nitrogens with one attached hydrogen (secondary N) is 1. The molecule has 1 heterocycles. The SMILES string of the molecule is O=C(O)c1cc(NC2=CC(=O)N(CCO)C2=O)ccc1O. The molecule has 0 saturated heterocycles. The standard InChI is InChI=1S/C13H12N2O6/c16-4-3-15-11(18)6-9(12(15)19)14-7-1-2-10(17)8(5-7)13(20)21/h1-2,5-6,14,16-17H,3-4H2,(H,20,21). The molecule has 1 aromatic rings. The van der Waals surface area contributed by atoms with Crippen LogP contribution in [0.2, 0.25) is 0 Å². The van der Waals surface area contributed by atoms with E-state index in [0.717, 1.165) is 17.0 Å². The second-order valence-corrected chi connectivity index (χ2v) is 4.24. The van der Waals surface area contributed by atoms with Crippen LogP contribution in [-0.2, 0) is 9.59 Å².